The van der Waals surface area contributed by atoms with E-state index in [4.69, 9.17) is 23.7 Å². The predicted molar refractivity (Wildman–Crippen MR) is 149 cm³/mol. The number of aryl methyl sites for hydroxylation is 1. The third-order valence-electron chi connectivity index (χ3n) is 5.58. The Kier molecular flexibility index (Phi) is 12.2. The summed E-state index contributed by atoms with van der Waals surface area (Å²) in [6.45, 7) is 14.2. The van der Waals surface area contributed by atoms with Gasteiger partial charge in [-0.2, -0.15) is 8.42 Å². The van der Waals surface area contributed by atoms with Crippen molar-refractivity contribution < 1.29 is 41.4 Å². The van der Waals surface area contributed by atoms with E-state index in [2.05, 4.69) is 20.8 Å². The molecule has 0 aromatic carbocycles. The van der Waals surface area contributed by atoms with E-state index in [1.54, 1.807) is 25.4 Å². The highest BCUT2D eigenvalue weighted by Gasteiger charge is 2.38. The number of ether oxygens (including phenoxy) is 5. The van der Waals surface area contributed by atoms with E-state index >= 15 is 0 Å². The summed E-state index contributed by atoms with van der Waals surface area (Å²) in [5, 5.41) is 0. The molecule has 0 aliphatic carbocycles. The average molecular weight is 593 g/mol. The normalized spacial score (nSPS) is 12.6. The molecule has 38 heavy (non-hydrogen) atoms. The lowest BCUT2D eigenvalue weighted by Gasteiger charge is -2.24. The molecule has 0 bridgehead atoms. The first kappa shape index (κ1) is 32.7. The van der Waals surface area contributed by atoms with Gasteiger partial charge >= 0.3 is 0 Å². The van der Waals surface area contributed by atoms with Gasteiger partial charge in [-0.25, -0.2) is 0 Å². The van der Waals surface area contributed by atoms with Gasteiger partial charge in [-0.15, -0.1) is 22.7 Å². The van der Waals surface area contributed by atoms with E-state index in [1.165, 1.54) is 11.3 Å². The SMILES string of the molecule is COCCOCCOc1c(C(C)(C)c2cc(OCCOCCC=O)c(C(C)(C)C)s2)sc(C)c1S(=O)(=O)O. The van der Waals surface area contributed by atoms with Crippen LogP contribution in [0.1, 0.15) is 60.5 Å². The van der Waals surface area contributed by atoms with Crippen LogP contribution in [-0.4, -0.2) is 72.6 Å². The number of methoxy groups -OCH3 is 1. The Labute approximate surface area is 234 Å². The Morgan fingerprint density at radius 1 is 0.895 bits per heavy atom. The van der Waals surface area contributed by atoms with Gasteiger partial charge in [0.2, 0.25) is 0 Å². The van der Waals surface area contributed by atoms with Crippen LogP contribution in [0.3, 0.4) is 0 Å². The van der Waals surface area contributed by atoms with E-state index in [0.717, 1.165) is 21.8 Å². The van der Waals surface area contributed by atoms with E-state index in [-0.39, 0.29) is 29.3 Å². The number of hydrogen-bond donors (Lipinski definition) is 1. The minimum absolute atomic E-state index is 0.113. The van der Waals surface area contributed by atoms with Crippen LogP contribution in [0.15, 0.2) is 11.0 Å². The summed E-state index contributed by atoms with van der Waals surface area (Å²) in [5.41, 5.74) is -0.853. The molecule has 0 saturated carbocycles. The molecule has 0 unspecified atom stereocenters. The maximum Gasteiger partial charge on any atom is 0.299 e. The second-order valence-corrected chi connectivity index (χ2v) is 13.8. The number of carbonyl (C=O) groups excluding carboxylic acids is 1. The van der Waals surface area contributed by atoms with E-state index in [1.807, 2.05) is 19.9 Å². The Bertz CT molecular complexity index is 1140. The molecule has 2 heterocycles. The molecule has 0 aliphatic rings. The Hall–Kier alpha value is -1.54. The quantitative estimate of drug-likeness (QED) is 0.154. The van der Waals surface area contributed by atoms with Gasteiger partial charge in [0, 0.05) is 28.7 Å². The highest BCUT2D eigenvalue weighted by atomic mass is 32.2. The molecule has 2 aromatic heterocycles. The van der Waals surface area contributed by atoms with Crippen molar-refractivity contribution in [3.63, 3.8) is 0 Å². The molecule has 1 N–H and O–H groups in total. The zero-order valence-corrected chi connectivity index (χ0v) is 25.7. The molecule has 2 aromatic rings. The first-order valence-electron chi connectivity index (χ1n) is 12.3. The number of aldehydes is 1. The molecule has 0 spiro atoms. The van der Waals surface area contributed by atoms with Crippen LogP contribution < -0.4 is 9.47 Å². The lowest BCUT2D eigenvalue weighted by molar-refractivity contribution is -0.108. The summed E-state index contributed by atoms with van der Waals surface area (Å²) >= 11 is 2.88. The average Bonchev–Trinajstić information content (AvgIpc) is 3.40. The summed E-state index contributed by atoms with van der Waals surface area (Å²) in [7, 11) is -2.94. The molecule has 0 fully saturated rings. The largest absolute Gasteiger partial charge is 0.490 e. The number of rotatable bonds is 17. The van der Waals surface area contributed by atoms with Gasteiger partial charge in [0.25, 0.3) is 10.1 Å². The first-order valence-corrected chi connectivity index (χ1v) is 15.4. The first-order chi connectivity index (χ1) is 17.7. The summed E-state index contributed by atoms with van der Waals surface area (Å²) in [6.07, 6.45) is 1.16. The van der Waals surface area contributed by atoms with Crippen molar-refractivity contribution in [3.05, 3.63) is 25.6 Å². The number of carbonyl (C=O) groups is 1. The Morgan fingerprint density at radius 2 is 1.50 bits per heavy atom. The van der Waals surface area contributed by atoms with Gasteiger partial charge in [-0.3, -0.25) is 4.55 Å². The van der Waals surface area contributed by atoms with Crippen molar-refractivity contribution >= 4 is 39.1 Å². The molecule has 0 atom stereocenters. The van der Waals surface area contributed by atoms with E-state index in [0.29, 0.717) is 49.2 Å². The van der Waals surface area contributed by atoms with Crippen molar-refractivity contribution in [2.45, 2.75) is 63.7 Å². The molecule has 216 valence electrons. The molecular weight excluding hydrogens is 552 g/mol. The van der Waals surface area contributed by atoms with Gasteiger partial charge in [0.05, 0.1) is 42.8 Å². The smallest absolute Gasteiger partial charge is 0.299 e. The number of thiophene rings is 2. The van der Waals surface area contributed by atoms with Crippen LogP contribution in [0.2, 0.25) is 0 Å². The van der Waals surface area contributed by atoms with Crippen molar-refractivity contribution in [1.82, 2.24) is 0 Å². The Morgan fingerprint density at radius 3 is 2.08 bits per heavy atom. The van der Waals surface area contributed by atoms with Crippen LogP contribution in [0.4, 0.5) is 0 Å². The zero-order valence-electron chi connectivity index (χ0n) is 23.2. The van der Waals surface area contributed by atoms with Gasteiger partial charge in [0.15, 0.2) is 5.75 Å². The van der Waals surface area contributed by atoms with Crippen LogP contribution in [-0.2, 0) is 40.0 Å². The molecule has 2 rings (SSSR count). The molecule has 0 saturated heterocycles. The highest BCUT2D eigenvalue weighted by Crippen LogP contribution is 2.51. The molecule has 0 radical (unpaired) electrons. The summed E-state index contributed by atoms with van der Waals surface area (Å²) in [4.78, 5) is 13.4. The second-order valence-electron chi connectivity index (χ2n) is 10.2. The minimum atomic E-state index is -4.52. The lowest BCUT2D eigenvalue weighted by Crippen LogP contribution is -2.19. The summed E-state index contributed by atoms with van der Waals surface area (Å²) in [5.74, 6) is 0.883. The van der Waals surface area contributed by atoms with Crippen molar-refractivity contribution in [1.29, 1.82) is 0 Å². The third-order valence-corrected chi connectivity index (χ3v) is 9.99. The fraction of sp³-hybridized carbons (Fsp3) is 0.654. The number of hydrogen-bond acceptors (Lipinski definition) is 10. The lowest BCUT2D eigenvalue weighted by atomic mass is 9.88. The van der Waals surface area contributed by atoms with Gasteiger partial charge in [-0.1, -0.05) is 20.8 Å². The maximum absolute atomic E-state index is 12.3. The van der Waals surface area contributed by atoms with Gasteiger partial charge in [0.1, 0.15) is 30.1 Å². The second kappa shape index (κ2) is 14.2. The van der Waals surface area contributed by atoms with Crippen molar-refractivity contribution in [2.75, 3.05) is 53.4 Å². The molecule has 0 amide bonds. The fourth-order valence-electron chi connectivity index (χ4n) is 3.67. The van der Waals surface area contributed by atoms with Crippen LogP contribution in [0.25, 0.3) is 0 Å². The third kappa shape index (κ3) is 8.73. The van der Waals surface area contributed by atoms with E-state index < -0.39 is 15.5 Å². The monoisotopic (exact) mass is 592 g/mol. The summed E-state index contributed by atoms with van der Waals surface area (Å²) < 4.78 is 62.5. The topological polar surface area (TPSA) is 118 Å². The zero-order chi connectivity index (χ0) is 28.6. The maximum atomic E-state index is 12.3. The highest BCUT2D eigenvalue weighted by molar-refractivity contribution is 7.86. The molecule has 9 nitrogen and oxygen atoms in total. The fourth-order valence-corrected chi connectivity index (χ4v) is 7.37. The van der Waals surface area contributed by atoms with Crippen LogP contribution >= 0.6 is 22.7 Å². The van der Waals surface area contributed by atoms with Crippen molar-refractivity contribution in [2.24, 2.45) is 0 Å². The minimum Gasteiger partial charge on any atom is -0.490 e. The van der Waals surface area contributed by atoms with E-state index in [9.17, 15) is 17.8 Å². The standard InChI is InChI=1S/C26H40O9S3/c1-18-22(38(28,29)30)21(35-16-14-33-12-11-31-7)24(36-18)26(5,6)20-17-19(23(37-20)25(2,3)4)34-15-13-32-10-8-9-27/h9,17H,8,10-16H2,1-7H3,(H,28,29,30). The molecule has 0 aliphatic heterocycles. The van der Waals surface area contributed by atoms with Gasteiger partial charge < -0.3 is 28.5 Å². The van der Waals surface area contributed by atoms with Crippen molar-refractivity contribution in [3.8, 4) is 11.5 Å². The molecular formula is C26H40O9S3. The van der Waals surface area contributed by atoms with Crippen LogP contribution in [0.5, 0.6) is 11.5 Å². The Balaban J connectivity index is 2.40. The molecule has 12 heteroatoms. The summed E-state index contributed by atoms with van der Waals surface area (Å²) in [6, 6.07) is 1.98. The predicted octanol–water partition coefficient (Wildman–Crippen LogP) is 5.01. The van der Waals surface area contributed by atoms with Crippen LogP contribution in [0, 0.1) is 6.92 Å². The van der Waals surface area contributed by atoms with Gasteiger partial charge in [-0.05, 0) is 32.3 Å².